The predicted octanol–water partition coefficient (Wildman–Crippen LogP) is 3.63. The van der Waals surface area contributed by atoms with Gasteiger partial charge in [0.15, 0.2) is 0 Å². The minimum atomic E-state index is 0.277. The molecule has 0 bridgehead atoms. The maximum atomic E-state index is 11.6. The van der Waals surface area contributed by atoms with Crippen LogP contribution in [0.2, 0.25) is 5.02 Å². The molecule has 0 aliphatic carbocycles. The molecular weight excluding hydrogens is 292 g/mol. The molecule has 3 nitrogen and oxygen atoms in total. The molecule has 20 heavy (non-hydrogen) atoms. The Morgan fingerprint density at radius 3 is 2.80 bits per heavy atom. The topological polar surface area (TPSA) is 33.2 Å². The van der Waals surface area contributed by atoms with Crippen LogP contribution in [0.15, 0.2) is 29.6 Å². The molecule has 0 atom stereocenters. The summed E-state index contributed by atoms with van der Waals surface area (Å²) in [6.45, 7) is 1.68. The number of carbonyl (C=O) groups is 1. The van der Waals surface area contributed by atoms with Gasteiger partial charge in [0.05, 0.1) is 10.7 Å². The number of hydrogen-bond donors (Lipinski definition) is 0. The summed E-state index contributed by atoms with van der Waals surface area (Å²) in [5.41, 5.74) is 2.06. The van der Waals surface area contributed by atoms with Gasteiger partial charge in [0, 0.05) is 41.9 Å². The standard InChI is InChI=1S/C15H15ClN2OS/c16-12-5-3-11(4-6-12)13-10-20-14(17-13)7-9-18-8-1-2-15(18)19/h3-6,10H,1-2,7-9H2. The Bertz CT molecular complexity index is 609. The van der Waals surface area contributed by atoms with Gasteiger partial charge in [0.25, 0.3) is 0 Å². The van der Waals surface area contributed by atoms with E-state index in [4.69, 9.17) is 11.6 Å². The fourth-order valence-electron chi connectivity index (χ4n) is 2.35. The van der Waals surface area contributed by atoms with Gasteiger partial charge in [-0.25, -0.2) is 4.98 Å². The van der Waals surface area contributed by atoms with E-state index in [-0.39, 0.29) is 5.91 Å². The summed E-state index contributed by atoms with van der Waals surface area (Å²) >= 11 is 7.54. The van der Waals surface area contributed by atoms with Gasteiger partial charge in [-0.05, 0) is 18.6 Å². The van der Waals surface area contributed by atoms with E-state index in [0.717, 1.165) is 47.2 Å². The lowest BCUT2D eigenvalue weighted by atomic mass is 10.2. The Morgan fingerprint density at radius 2 is 2.10 bits per heavy atom. The molecule has 104 valence electrons. The number of hydrogen-bond acceptors (Lipinski definition) is 3. The van der Waals surface area contributed by atoms with Gasteiger partial charge in [0.1, 0.15) is 0 Å². The molecule has 0 saturated carbocycles. The summed E-state index contributed by atoms with van der Waals surface area (Å²) in [6.07, 6.45) is 2.53. The number of nitrogens with zero attached hydrogens (tertiary/aromatic N) is 2. The third-order valence-corrected chi connectivity index (χ3v) is 4.62. The zero-order valence-corrected chi connectivity index (χ0v) is 12.6. The van der Waals surface area contributed by atoms with Crippen LogP contribution in [0.1, 0.15) is 17.8 Å². The lowest BCUT2D eigenvalue weighted by Crippen LogP contribution is -2.26. The fraction of sp³-hybridized carbons (Fsp3) is 0.333. The minimum absolute atomic E-state index is 0.277. The predicted molar refractivity (Wildman–Crippen MR) is 82.1 cm³/mol. The molecule has 1 aromatic carbocycles. The van der Waals surface area contributed by atoms with Crippen molar-refractivity contribution in [2.75, 3.05) is 13.1 Å². The summed E-state index contributed by atoms with van der Waals surface area (Å²) in [5, 5.41) is 3.87. The molecule has 0 spiro atoms. The van der Waals surface area contributed by atoms with Crippen LogP contribution in [-0.2, 0) is 11.2 Å². The highest BCUT2D eigenvalue weighted by atomic mass is 35.5. The average Bonchev–Trinajstić information content (AvgIpc) is 3.06. The Balaban J connectivity index is 1.64. The van der Waals surface area contributed by atoms with Gasteiger partial charge >= 0.3 is 0 Å². The SMILES string of the molecule is O=C1CCCN1CCc1nc(-c2ccc(Cl)cc2)cs1. The van der Waals surface area contributed by atoms with Crippen LogP contribution in [0.5, 0.6) is 0 Å². The van der Waals surface area contributed by atoms with Crippen LogP contribution in [0.3, 0.4) is 0 Å². The first kappa shape index (κ1) is 13.6. The Labute approximate surface area is 127 Å². The zero-order valence-electron chi connectivity index (χ0n) is 11.0. The molecule has 1 amide bonds. The van der Waals surface area contributed by atoms with Gasteiger partial charge in [-0.3, -0.25) is 4.79 Å². The first-order valence-corrected chi connectivity index (χ1v) is 7.96. The lowest BCUT2D eigenvalue weighted by Gasteiger charge is -2.13. The third-order valence-electron chi connectivity index (χ3n) is 3.46. The molecule has 2 aromatic rings. The lowest BCUT2D eigenvalue weighted by molar-refractivity contribution is -0.127. The second kappa shape index (κ2) is 5.94. The molecule has 1 saturated heterocycles. The Hall–Kier alpha value is -1.39. The van der Waals surface area contributed by atoms with E-state index in [0.29, 0.717) is 6.42 Å². The Kier molecular flexibility index (Phi) is 4.03. The molecule has 3 rings (SSSR count). The van der Waals surface area contributed by atoms with E-state index < -0.39 is 0 Å². The molecule has 5 heteroatoms. The van der Waals surface area contributed by atoms with Crippen LogP contribution in [-0.4, -0.2) is 28.9 Å². The van der Waals surface area contributed by atoms with Crippen LogP contribution in [0.25, 0.3) is 11.3 Å². The quantitative estimate of drug-likeness (QED) is 0.864. The van der Waals surface area contributed by atoms with E-state index in [1.54, 1.807) is 11.3 Å². The molecular formula is C15H15ClN2OS. The smallest absolute Gasteiger partial charge is 0.222 e. The molecule has 2 heterocycles. The molecule has 0 radical (unpaired) electrons. The van der Waals surface area contributed by atoms with Crippen molar-refractivity contribution in [3.63, 3.8) is 0 Å². The minimum Gasteiger partial charge on any atom is -0.342 e. The Morgan fingerprint density at radius 1 is 1.30 bits per heavy atom. The van der Waals surface area contributed by atoms with Gasteiger partial charge < -0.3 is 4.90 Å². The molecule has 1 fully saturated rings. The van der Waals surface area contributed by atoms with Crippen molar-refractivity contribution in [3.8, 4) is 11.3 Å². The number of thiazole rings is 1. The van der Waals surface area contributed by atoms with Crippen LogP contribution >= 0.6 is 22.9 Å². The van der Waals surface area contributed by atoms with Crippen molar-refractivity contribution in [2.24, 2.45) is 0 Å². The number of aromatic nitrogens is 1. The van der Waals surface area contributed by atoms with Crippen LogP contribution in [0, 0.1) is 0 Å². The number of carbonyl (C=O) groups excluding carboxylic acids is 1. The monoisotopic (exact) mass is 306 g/mol. The van der Waals surface area contributed by atoms with Crippen molar-refractivity contribution in [2.45, 2.75) is 19.3 Å². The van der Waals surface area contributed by atoms with Gasteiger partial charge in [-0.2, -0.15) is 0 Å². The molecule has 1 aliphatic rings. The second-order valence-electron chi connectivity index (χ2n) is 4.87. The number of likely N-dealkylation sites (tertiary alicyclic amines) is 1. The summed E-state index contributed by atoms with van der Waals surface area (Å²) in [4.78, 5) is 18.1. The summed E-state index contributed by atoms with van der Waals surface area (Å²) in [5.74, 6) is 0.277. The first-order valence-electron chi connectivity index (χ1n) is 6.70. The second-order valence-corrected chi connectivity index (χ2v) is 6.25. The van der Waals surface area contributed by atoms with Crippen molar-refractivity contribution < 1.29 is 4.79 Å². The maximum Gasteiger partial charge on any atom is 0.222 e. The number of rotatable bonds is 4. The van der Waals surface area contributed by atoms with Gasteiger partial charge in [-0.15, -0.1) is 11.3 Å². The van der Waals surface area contributed by atoms with Crippen LogP contribution < -0.4 is 0 Å². The number of benzene rings is 1. The molecule has 0 N–H and O–H groups in total. The molecule has 1 aliphatic heterocycles. The van der Waals surface area contributed by atoms with E-state index >= 15 is 0 Å². The zero-order chi connectivity index (χ0) is 13.9. The van der Waals surface area contributed by atoms with Crippen LogP contribution in [0.4, 0.5) is 0 Å². The van der Waals surface area contributed by atoms with Crippen molar-refractivity contribution >= 4 is 28.8 Å². The normalized spacial score (nSPS) is 15.1. The third kappa shape index (κ3) is 3.02. The van der Waals surface area contributed by atoms with E-state index in [9.17, 15) is 4.79 Å². The van der Waals surface area contributed by atoms with Gasteiger partial charge in [0.2, 0.25) is 5.91 Å². The van der Waals surface area contributed by atoms with Crippen molar-refractivity contribution in [1.82, 2.24) is 9.88 Å². The summed E-state index contributed by atoms with van der Waals surface area (Å²) in [6, 6.07) is 7.70. The highest BCUT2D eigenvalue weighted by Gasteiger charge is 2.19. The highest BCUT2D eigenvalue weighted by Crippen LogP contribution is 2.24. The van der Waals surface area contributed by atoms with Crippen molar-refractivity contribution in [1.29, 1.82) is 0 Å². The van der Waals surface area contributed by atoms with E-state index in [1.807, 2.05) is 29.2 Å². The number of amides is 1. The largest absolute Gasteiger partial charge is 0.342 e. The average molecular weight is 307 g/mol. The van der Waals surface area contributed by atoms with E-state index in [1.165, 1.54) is 0 Å². The maximum absolute atomic E-state index is 11.6. The van der Waals surface area contributed by atoms with Gasteiger partial charge in [-0.1, -0.05) is 23.7 Å². The highest BCUT2D eigenvalue weighted by molar-refractivity contribution is 7.09. The fourth-order valence-corrected chi connectivity index (χ4v) is 3.27. The first-order chi connectivity index (χ1) is 9.72. The molecule has 1 aromatic heterocycles. The molecule has 0 unspecified atom stereocenters. The summed E-state index contributed by atoms with van der Waals surface area (Å²) in [7, 11) is 0. The van der Waals surface area contributed by atoms with Crippen molar-refractivity contribution in [3.05, 3.63) is 39.7 Å². The summed E-state index contributed by atoms with van der Waals surface area (Å²) < 4.78 is 0. The number of halogens is 1. The van der Waals surface area contributed by atoms with E-state index in [2.05, 4.69) is 10.4 Å².